The minimum atomic E-state index is -0.113. The molecule has 1 saturated carbocycles. The van der Waals surface area contributed by atoms with E-state index in [-0.39, 0.29) is 17.6 Å². The Morgan fingerprint density at radius 3 is 2.71 bits per heavy atom. The van der Waals surface area contributed by atoms with E-state index in [9.17, 15) is 0 Å². The number of aromatic nitrogens is 3. The highest BCUT2D eigenvalue weighted by Gasteiger charge is 2.49. The van der Waals surface area contributed by atoms with Gasteiger partial charge in [-0.2, -0.15) is 0 Å². The number of hydrogen-bond acceptors (Lipinski definition) is 4. The van der Waals surface area contributed by atoms with Crippen molar-refractivity contribution in [3.63, 3.8) is 0 Å². The van der Waals surface area contributed by atoms with Crippen LogP contribution in [0.5, 0.6) is 0 Å². The molecule has 0 spiro atoms. The molecule has 1 aromatic rings. The zero-order valence-electron chi connectivity index (χ0n) is 10.8. The van der Waals surface area contributed by atoms with Gasteiger partial charge in [-0.25, -0.2) is 0 Å². The van der Waals surface area contributed by atoms with Gasteiger partial charge in [-0.3, -0.25) is 4.68 Å². The molecule has 1 aliphatic carbocycles. The maximum atomic E-state index is 8.96. The summed E-state index contributed by atoms with van der Waals surface area (Å²) in [6, 6.07) is 0. The van der Waals surface area contributed by atoms with Crippen molar-refractivity contribution in [3.05, 3.63) is 11.9 Å². The van der Waals surface area contributed by atoms with Crippen molar-refractivity contribution < 1.29 is 5.11 Å². The van der Waals surface area contributed by atoms with E-state index in [1.54, 1.807) is 0 Å². The highest BCUT2D eigenvalue weighted by Crippen LogP contribution is 2.49. The summed E-state index contributed by atoms with van der Waals surface area (Å²) in [5, 5.41) is 16.9. The van der Waals surface area contributed by atoms with E-state index in [0.29, 0.717) is 11.6 Å². The molecular formula is C12H22N4O. The van der Waals surface area contributed by atoms with Crippen LogP contribution in [0.4, 0.5) is 0 Å². The molecule has 0 amide bonds. The monoisotopic (exact) mass is 238 g/mol. The lowest BCUT2D eigenvalue weighted by atomic mass is 9.72. The van der Waals surface area contributed by atoms with Crippen LogP contribution < -0.4 is 5.73 Å². The summed E-state index contributed by atoms with van der Waals surface area (Å²) in [6.07, 6.45) is 3.97. The second-order valence-corrected chi connectivity index (χ2v) is 5.96. The molecule has 1 fully saturated rings. The summed E-state index contributed by atoms with van der Waals surface area (Å²) in [4.78, 5) is 0. The van der Waals surface area contributed by atoms with Crippen LogP contribution in [-0.4, -0.2) is 25.6 Å². The van der Waals surface area contributed by atoms with E-state index in [0.717, 1.165) is 19.4 Å². The lowest BCUT2D eigenvalue weighted by Crippen LogP contribution is -2.48. The third-order valence-electron chi connectivity index (χ3n) is 4.66. The first kappa shape index (κ1) is 12.5. The van der Waals surface area contributed by atoms with Crippen molar-refractivity contribution in [2.75, 3.05) is 0 Å². The molecule has 5 nitrogen and oxygen atoms in total. The third kappa shape index (κ3) is 2.09. The second kappa shape index (κ2) is 4.07. The summed E-state index contributed by atoms with van der Waals surface area (Å²) in [6.45, 7) is 7.37. The SMILES string of the molecule is CC1(N)CC[C@H](Cn2cc(CO)nn2)C1(C)C. The fourth-order valence-electron chi connectivity index (χ4n) is 2.67. The molecule has 3 N–H and O–H groups in total. The minimum Gasteiger partial charge on any atom is -0.390 e. The van der Waals surface area contributed by atoms with E-state index in [2.05, 4.69) is 31.1 Å². The summed E-state index contributed by atoms with van der Waals surface area (Å²) in [5.74, 6) is 0.505. The number of nitrogens with zero attached hydrogens (tertiary/aromatic N) is 3. The molecule has 2 rings (SSSR count). The predicted octanol–water partition coefficient (Wildman–Crippen LogP) is 0.924. The van der Waals surface area contributed by atoms with Gasteiger partial charge in [0.2, 0.25) is 0 Å². The van der Waals surface area contributed by atoms with Gasteiger partial charge in [0.15, 0.2) is 0 Å². The van der Waals surface area contributed by atoms with E-state index in [4.69, 9.17) is 10.8 Å². The van der Waals surface area contributed by atoms with E-state index >= 15 is 0 Å². The van der Waals surface area contributed by atoms with Crippen LogP contribution in [0.1, 0.15) is 39.3 Å². The zero-order chi connectivity index (χ0) is 12.7. The Labute approximate surface area is 102 Å². The van der Waals surface area contributed by atoms with Crippen molar-refractivity contribution in [1.29, 1.82) is 0 Å². The van der Waals surface area contributed by atoms with E-state index in [1.165, 1.54) is 0 Å². The normalized spacial score (nSPS) is 31.9. The standard InChI is InChI=1S/C12H22N4O/c1-11(2)9(4-5-12(11,3)13)6-16-7-10(8-17)14-15-16/h7,9,17H,4-6,8,13H2,1-3H3/t9-,12?/m1/s1. The van der Waals surface area contributed by atoms with Crippen LogP contribution >= 0.6 is 0 Å². The topological polar surface area (TPSA) is 77.0 Å². The number of nitrogens with two attached hydrogens (primary N) is 1. The first-order valence-corrected chi connectivity index (χ1v) is 6.15. The molecule has 17 heavy (non-hydrogen) atoms. The highest BCUT2D eigenvalue weighted by atomic mass is 16.3. The largest absolute Gasteiger partial charge is 0.390 e. The maximum absolute atomic E-state index is 8.96. The fourth-order valence-corrected chi connectivity index (χ4v) is 2.67. The average molecular weight is 238 g/mol. The first-order valence-electron chi connectivity index (χ1n) is 6.15. The number of hydrogen-bond donors (Lipinski definition) is 2. The van der Waals surface area contributed by atoms with Crippen LogP contribution in [0.3, 0.4) is 0 Å². The molecule has 0 saturated heterocycles. The Morgan fingerprint density at radius 1 is 1.53 bits per heavy atom. The molecule has 0 aromatic carbocycles. The summed E-state index contributed by atoms with van der Waals surface area (Å²) < 4.78 is 1.82. The lowest BCUT2D eigenvalue weighted by molar-refractivity contribution is 0.147. The van der Waals surface area contributed by atoms with Gasteiger partial charge in [-0.15, -0.1) is 5.10 Å². The van der Waals surface area contributed by atoms with Crippen LogP contribution in [0.2, 0.25) is 0 Å². The van der Waals surface area contributed by atoms with Crippen LogP contribution in [-0.2, 0) is 13.2 Å². The highest BCUT2D eigenvalue weighted by molar-refractivity contribution is 5.04. The molecule has 1 heterocycles. The molecular weight excluding hydrogens is 216 g/mol. The summed E-state index contributed by atoms with van der Waals surface area (Å²) >= 11 is 0. The smallest absolute Gasteiger partial charge is 0.108 e. The van der Waals surface area contributed by atoms with Crippen molar-refractivity contribution >= 4 is 0 Å². The van der Waals surface area contributed by atoms with E-state index < -0.39 is 0 Å². The third-order valence-corrected chi connectivity index (χ3v) is 4.66. The van der Waals surface area contributed by atoms with Gasteiger partial charge < -0.3 is 10.8 Å². The quantitative estimate of drug-likeness (QED) is 0.821. The van der Waals surface area contributed by atoms with Crippen molar-refractivity contribution in [2.45, 2.75) is 52.3 Å². The number of aliphatic hydroxyl groups is 1. The van der Waals surface area contributed by atoms with Crippen molar-refractivity contribution in [1.82, 2.24) is 15.0 Å². The number of aliphatic hydroxyl groups excluding tert-OH is 1. The molecule has 0 radical (unpaired) electrons. The Hall–Kier alpha value is -0.940. The van der Waals surface area contributed by atoms with Crippen molar-refractivity contribution in [3.8, 4) is 0 Å². The molecule has 1 aliphatic rings. The van der Waals surface area contributed by atoms with Crippen molar-refractivity contribution in [2.24, 2.45) is 17.1 Å². The van der Waals surface area contributed by atoms with Gasteiger partial charge in [-0.1, -0.05) is 19.1 Å². The Morgan fingerprint density at radius 2 is 2.24 bits per heavy atom. The molecule has 96 valence electrons. The Bertz CT molecular complexity index is 397. The van der Waals surface area contributed by atoms with Gasteiger partial charge in [0.05, 0.1) is 12.8 Å². The molecule has 0 bridgehead atoms. The zero-order valence-corrected chi connectivity index (χ0v) is 10.8. The summed E-state index contributed by atoms with van der Waals surface area (Å²) in [7, 11) is 0. The molecule has 5 heteroatoms. The molecule has 0 aliphatic heterocycles. The average Bonchev–Trinajstić information content (AvgIpc) is 2.77. The molecule has 1 aromatic heterocycles. The maximum Gasteiger partial charge on any atom is 0.108 e. The number of rotatable bonds is 3. The first-order chi connectivity index (χ1) is 7.87. The Balaban J connectivity index is 2.10. The molecule has 2 atom stereocenters. The van der Waals surface area contributed by atoms with Crippen LogP contribution in [0, 0.1) is 11.3 Å². The predicted molar refractivity (Wildman–Crippen MR) is 65.0 cm³/mol. The van der Waals surface area contributed by atoms with Crippen LogP contribution in [0.15, 0.2) is 6.20 Å². The van der Waals surface area contributed by atoms with Gasteiger partial charge in [0.1, 0.15) is 5.69 Å². The fraction of sp³-hybridized carbons (Fsp3) is 0.833. The van der Waals surface area contributed by atoms with Gasteiger partial charge >= 0.3 is 0 Å². The minimum absolute atomic E-state index is 0.0529. The van der Waals surface area contributed by atoms with E-state index in [1.807, 2.05) is 10.9 Å². The van der Waals surface area contributed by atoms with Gasteiger partial charge in [0.25, 0.3) is 0 Å². The van der Waals surface area contributed by atoms with Gasteiger partial charge in [0, 0.05) is 12.1 Å². The van der Waals surface area contributed by atoms with Gasteiger partial charge in [-0.05, 0) is 31.1 Å². The molecule has 1 unspecified atom stereocenters. The summed E-state index contributed by atoms with van der Waals surface area (Å²) in [5.41, 5.74) is 6.95. The van der Waals surface area contributed by atoms with Crippen LogP contribution in [0.25, 0.3) is 0 Å². The Kier molecular flexibility index (Phi) is 2.99. The lowest BCUT2D eigenvalue weighted by Gasteiger charge is -2.38. The second-order valence-electron chi connectivity index (χ2n) is 5.96.